The number of benzene rings is 1. The summed E-state index contributed by atoms with van der Waals surface area (Å²) >= 11 is 0. The predicted molar refractivity (Wildman–Crippen MR) is 114 cm³/mol. The van der Waals surface area contributed by atoms with Crippen LogP contribution in [0.4, 0.5) is 0 Å². The van der Waals surface area contributed by atoms with Crippen molar-refractivity contribution in [1.82, 2.24) is 19.9 Å². The second-order valence-electron chi connectivity index (χ2n) is 7.84. The molecule has 1 N–H and O–H groups in total. The largest absolute Gasteiger partial charge is 0.474 e. The van der Waals surface area contributed by atoms with Crippen LogP contribution in [0.1, 0.15) is 37.7 Å². The molecule has 1 amide bonds. The summed E-state index contributed by atoms with van der Waals surface area (Å²) in [6.07, 6.45) is 7.22. The van der Waals surface area contributed by atoms with Crippen LogP contribution in [0.2, 0.25) is 0 Å². The maximum atomic E-state index is 12.5. The van der Waals surface area contributed by atoms with Crippen molar-refractivity contribution < 1.29 is 9.53 Å². The molecule has 1 aromatic carbocycles. The van der Waals surface area contributed by atoms with E-state index in [-0.39, 0.29) is 30.0 Å². The molecule has 0 aliphatic heterocycles. The van der Waals surface area contributed by atoms with Gasteiger partial charge in [0.2, 0.25) is 11.8 Å². The van der Waals surface area contributed by atoms with Crippen molar-refractivity contribution in [3.8, 4) is 5.88 Å². The molecule has 7 heteroatoms. The average Bonchev–Trinajstić information content (AvgIpc) is 2.76. The molecule has 1 aliphatic rings. The molecule has 30 heavy (non-hydrogen) atoms. The number of ether oxygens (including phenoxy) is 1. The number of pyridine rings is 1. The Kier molecular flexibility index (Phi) is 6.07. The van der Waals surface area contributed by atoms with Crippen LogP contribution in [-0.2, 0) is 11.3 Å². The van der Waals surface area contributed by atoms with Gasteiger partial charge in [-0.2, -0.15) is 0 Å². The van der Waals surface area contributed by atoms with E-state index in [0.717, 1.165) is 31.2 Å². The van der Waals surface area contributed by atoms with Crippen molar-refractivity contribution in [2.75, 3.05) is 0 Å². The van der Waals surface area contributed by atoms with Gasteiger partial charge >= 0.3 is 0 Å². The van der Waals surface area contributed by atoms with Crippen molar-refractivity contribution in [2.45, 2.75) is 57.7 Å². The average molecular weight is 406 g/mol. The number of para-hydroxylation sites is 1. The van der Waals surface area contributed by atoms with Gasteiger partial charge in [0.1, 0.15) is 6.10 Å². The van der Waals surface area contributed by atoms with Gasteiger partial charge < -0.3 is 10.1 Å². The Labute approximate surface area is 175 Å². The summed E-state index contributed by atoms with van der Waals surface area (Å²) in [6, 6.07) is 11.3. The first-order valence-corrected chi connectivity index (χ1v) is 10.4. The molecule has 0 unspecified atom stereocenters. The van der Waals surface area contributed by atoms with Crippen molar-refractivity contribution in [1.29, 1.82) is 0 Å². The van der Waals surface area contributed by atoms with Gasteiger partial charge in [-0.3, -0.25) is 14.2 Å². The zero-order chi connectivity index (χ0) is 20.9. The van der Waals surface area contributed by atoms with E-state index >= 15 is 0 Å². The predicted octanol–water partition coefficient (Wildman–Crippen LogP) is 3.00. The lowest BCUT2D eigenvalue weighted by molar-refractivity contribution is -0.122. The van der Waals surface area contributed by atoms with Gasteiger partial charge in [0.25, 0.3) is 5.56 Å². The molecule has 4 rings (SSSR count). The highest BCUT2D eigenvalue weighted by Gasteiger charge is 2.23. The van der Waals surface area contributed by atoms with E-state index in [1.807, 2.05) is 37.3 Å². The van der Waals surface area contributed by atoms with Crippen LogP contribution in [0.25, 0.3) is 10.9 Å². The van der Waals surface area contributed by atoms with Gasteiger partial charge in [0.05, 0.1) is 17.2 Å². The first-order valence-electron chi connectivity index (χ1n) is 10.4. The number of amides is 1. The molecular weight excluding hydrogens is 380 g/mol. The lowest BCUT2D eigenvalue weighted by atomic mass is 9.93. The zero-order valence-electron chi connectivity index (χ0n) is 17.1. The monoisotopic (exact) mass is 406 g/mol. The summed E-state index contributed by atoms with van der Waals surface area (Å²) < 4.78 is 7.45. The fourth-order valence-corrected chi connectivity index (χ4v) is 3.81. The van der Waals surface area contributed by atoms with Crippen molar-refractivity contribution in [3.63, 3.8) is 0 Å². The number of nitrogens with one attached hydrogen (secondary N) is 1. The summed E-state index contributed by atoms with van der Waals surface area (Å²) in [5.74, 6) is 0.613. The van der Waals surface area contributed by atoms with E-state index in [1.165, 1.54) is 10.9 Å². The van der Waals surface area contributed by atoms with Gasteiger partial charge in [0, 0.05) is 31.3 Å². The molecule has 1 fully saturated rings. The summed E-state index contributed by atoms with van der Waals surface area (Å²) in [5, 5.41) is 3.66. The second kappa shape index (κ2) is 9.07. The molecule has 0 atom stereocenters. The topological polar surface area (TPSA) is 86.1 Å². The lowest BCUT2D eigenvalue weighted by Crippen LogP contribution is -2.40. The van der Waals surface area contributed by atoms with Gasteiger partial charge in [-0.15, -0.1) is 0 Å². The minimum Gasteiger partial charge on any atom is -0.474 e. The Hall–Kier alpha value is -3.22. The number of hydrogen-bond donors (Lipinski definition) is 1. The summed E-state index contributed by atoms with van der Waals surface area (Å²) in [6.45, 7) is 2.32. The molecule has 156 valence electrons. The first-order chi connectivity index (χ1) is 14.6. The number of fused-ring (bicyclic) bond motifs is 1. The van der Waals surface area contributed by atoms with Crippen molar-refractivity contribution >= 4 is 16.8 Å². The summed E-state index contributed by atoms with van der Waals surface area (Å²) in [7, 11) is 0. The third-order valence-electron chi connectivity index (χ3n) is 5.52. The van der Waals surface area contributed by atoms with Crippen molar-refractivity contribution in [2.24, 2.45) is 0 Å². The van der Waals surface area contributed by atoms with E-state index in [9.17, 15) is 9.59 Å². The minimum absolute atomic E-state index is 0.0420. The highest BCUT2D eigenvalue weighted by Crippen LogP contribution is 2.23. The van der Waals surface area contributed by atoms with E-state index in [2.05, 4.69) is 15.3 Å². The Morgan fingerprint density at radius 2 is 1.93 bits per heavy atom. The molecule has 3 aromatic rings. The van der Waals surface area contributed by atoms with E-state index < -0.39 is 0 Å². The van der Waals surface area contributed by atoms with Crippen LogP contribution < -0.4 is 15.6 Å². The molecular formula is C23H26N4O3. The van der Waals surface area contributed by atoms with Crippen LogP contribution in [-0.4, -0.2) is 32.6 Å². The number of aromatic nitrogens is 3. The normalized spacial score (nSPS) is 18.8. The maximum Gasteiger partial charge on any atom is 0.261 e. The highest BCUT2D eigenvalue weighted by atomic mass is 16.5. The molecule has 1 aliphatic carbocycles. The Bertz CT molecular complexity index is 1070. The molecule has 0 spiro atoms. The second-order valence-corrected chi connectivity index (χ2v) is 7.84. The summed E-state index contributed by atoms with van der Waals surface area (Å²) in [5.41, 5.74) is 1.66. The number of carbonyl (C=O) groups is 1. The minimum atomic E-state index is -0.115. The number of nitrogens with zero attached hydrogens (tertiary/aromatic N) is 3. The molecule has 0 bridgehead atoms. The van der Waals surface area contributed by atoms with E-state index in [1.54, 1.807) is 12.3 Å². The Morgan fingerprint density at radius 1 is 1.13 bits per heavy atom. The third-order valence-corrected chi connectivity index (χ3v) is 5.52. The third kappa shape index (κ3) is 4.84. The molecule has 2 aromatic heterocycles. The van der Waals surface area contributed by atoms with Gasteiger partial charge in [-0.05, 0) is 50.3 Å². The fourth-order valence-electron chi connectivity index (χ4n) is 3.81. The van der Waals surface area contributed by atoms with E-state index in [4.69, 9.17) is 4.74 Å². The molecule has 0 saturated heterocycles. The molecule has 0 radical (unpaired) electrons. The fraction of sp³-hybridized carbons (Fsp3) is 0.391. The Balaban J connectivity index is 1.24. The first kappa shape index (κ1) is 20.1. The molecule has 7 nitrogen and oxygen atoms in total. The smallest absolute Gasteiger partial charge is 0.261 e. The Morgan fingerprint density at radius 3 is 2.70 bits per heavy atom. The van der Waals surface area contributed by atoms with Crippen LogP contribution in [0, 0.1) is 6.92 Å². The molecule has 1 saturated carbocycles. The SMILES string of the molecule is Cc1ccc(OC2CCC(NC(=O)CCn3cnc4ccccc4c3=O)CC2)nc1. The van der Waals surface area contributed by atoms with E-state index in [0.29, 0.717) is 23.3 Å². The van der Waals surface area contributed by atoms with Crippen LogP contribution in [0.15, 0.2) is 53.7 Å². The number of carbonyl (C=O) groups excluding carboxylic acids is 1. The maximum absolute atomic E-state index is 12.5. The quantitative estimate of drug-likeness (QED) is 0.680. The number of rotatable bonds is 6. The summed E-state index contributed by atoms with van der Waals surface area (Å²) in [4.78, 5) is 33.5. The van der Waals surface area contributed by atoms with Gasteiger partial charge in [-0.1, -0.05) is 18.2 Å². The number of aryl methyl sites for hydroxylation is 2. The van der Waals surface area contributed by atoms with Crippen LogP contribution in [0.5, 0.6) is 5.88 Å². The number of hydrogen-bond acceptors (Lipinski definition) is 5. The zero-order valence-corrected chi connectivity index (χ0v) is 17.1. The van der Waals surface area contributed by atoms with Crippen molar-refractivity contribution in [3.05, 3.63) is 64.8 Å². The highest BCUT2D eigenvalue weighted by molar-refractivity contribution is 5.77. The standard InChI is InChI=1S/C23H26N4O3/c1-16-6-11-22(24-14-16)30-18-9-7-17(8-10-18)26-21(28)12-13-27-15-25-20-5-3-2-4-19(20)23(27)29/h2-6,11,14-15,17-18H,7-10,12-13H2,1H3,(H,26,28). The lowest BCUT2D eigenvalue weighted by Gasteiger charge is -2.29. The van der Waals surface area contributed by atoms with Gasteiger partial charge in [-0.25, -0.2) is 9.97 Å². The molecule has 2 heterocycles. The van der Waals surface area contributed by atoms with Crippen LogP contribution in [0.3, 0.4) is 0 Å². The van der Waals surface area contributed by atoms with Crippen LogP contribution >= 0.6 is 0 Å². The van der Waals surface area contributed by atoms with Gasteiger partial charge in [0.15, 0.2) is 0 Å².